The van der Waals surface area contributed by atoms with Gasteiger partial charge in [0.05, 0.1) is 5.92 Å². The Morgan fingerprint density at radius 1 is 1.14 bits per heavy atom. The van der Waals surface area contributed by atoms with Crippen LogP contribution in [0, 0.1) is 5.92 Å². The van der Waals surface area contributed by atoms with Gasteiger partial charge in [-0.15, -0.1) is 0 Å². The van der Waals surface area contributed by atoms with Crippen molar-refractivity contribution in [2.75, 3.05) is 6.54 Å². The van der Waals surface area contributed by atoms with Crippen LogP contribution in [-0.4, -0.2) is 45.3 Å². The number of unbranched alkanes of at least 4 members (excludes halogenated alkanes) is 1. The number of benzene rings is 1. The van der Waals surface area contributed by atoms with Crippen LogP contribution >= 0.6 is 11.6 Å². The van der Waals surface area contributed by atoms with Gasteiger partial charge in [-0.3, -0.25) is 15.0 Å². The number of carbonyl (C=O) groups is 3. The summed E-state index contributed by atoms with van der Waals surface area (Å²) in [6.45, 7) is 5.34. The van der Waals surface area contributed by atoms with Gasteiger partial charge in [0.2, 0.25) is 5.91 Å². The monoisotopic (exact) mass is 527 g/mol. The lowest BCUT2D eigenvalue weighted by atomic mass is 9.84. The molecule has 0 bridgehead atoms. The van der Waals surface area contributed by atoms with Crippen molar-refractivity contribution >= 4 is 29.8 Å². The van der Waals surface area contributed by atoms with Gasteiger partial charge in [-0.2, -0.15) is 0 Å². The minimum absolute atomic E-state index is 0.175. The molecule has 1 aliphatic carbocycles. The molecule has 1 saturated carbocycles. The minimum atomic E-state index is -0.332. The molecule has 0 radical (unpaired) electrons. The number of urea groups is 1. The number of hydrazine groups is 1. The highest BCUT2D eigenvalue weighted by molar-refractivity contribution is 6.31. The maximum Gasteiger partial charge on any atom is 0.336 e. The standard InChI is InChI=1S/C28H38ClN5O3/c1-3-4-11-24-30-26(29)23(18-35)34(24)17-20-12-14-22(15-13-20)25(21-9-5-6-10-21)27(36)31-32-28(37)33-16-7-8-19(33)2/h12-15,18-19,21,25H,3-11,16-17H2,1-2H3,(H,31,36)(H,32,37)/t19-,25?/m1/s1. The molecule has 2 aliphatic rings. The van der Waals surface area contributed by atoms with E-state index in [2.05, 4.69) is 22.8 Å². The Labute approximate surface area is 224 Å². The number of aryl methyl sites for hydroxylation is 1. The molecule has 1 saturated heterocycles. The van der Waals surface area contributed by atoms with Gasteiger partial charge in [0.1, 0.15) is 11.5 Å². The first kappa shape index (κ1) is 27.2. The summed E-state index contributed by atoms with van der Waals surface area (Å²) in [6, 6.07) is 7.92. The second-order valence-corrected chi connectivity index (χ2v) is 10.7. The first-order chi connectivity index (χ1) is 17.9. The Morgan fingerprint density at radius 3 is 2.49 bits per heavy atom. The molecule has 2 atom stereocenters. The number of nitrogens with zero attached hydrogens (tertiary/aromatic N) is 3. The predicted octanol–water partition coefficient (Wildman–Crippen LogP) is 5.24. The molecular formula is C28H38ClN5O3. The zero-order chi connectivity index (χ0) is 26.4. The Balaban J connectivity index is 1.48. The highest BCUT2D eigenvalue weighted by Gasteiger charge is 2.33. The summed E-state index contributed by atoms with van der Waals surface area (Å²) in [4.78, 5) is 43.8. The Hall–Kier alpha value is -2.87. The van der Waals surface area contributed by atoms with E-state index in [1.54, 1.807) is 4.90 Å². The quantitative estimate of drug-likeness (QED) is 0.344. The Bertz CT molecular complexity index is 1090. The molecule has 2 aromatic rings. The van der Waals surface area contributed by atoms with E-state index in [1.165, 1.54) is 0 Å². The average Bonchev–Trinajstić information content (AvgIpc) is 3.63. The van der Waals surface area contributed by atoms with Gasteiger partial charge in [-0.1, -0.05) is 62.1 Å². The van der Waals surface area contributed by atoms with E-state index in [1.807, 2.05) is 35.8 Å². The lowest BCUT2D eigenvalue weighted by Gasteiger charge is -2.26. The molecule has 8 nitrogen and oxygen atoms in total. The molecule has 2 heterocycles. The Kier molecular flexibility index (Phi) is 9.24. The second kappa shape index (κ2) is 12.6. The SMILES string of the molecule is CCCCc1nc(Cl)c(C=O)n1Cc1ccc(C(C(=O)NNC(=O)N2CCC[C@H]2C)C2CCCC2)cc1. The normalized spacial score (nSPS) is 18.7. The van der Waals surface area contributed by atoms with Crippen LogP contribution in [0.1, 0.15) is 98.6 Å². The van der Waals surface area contributed by atoms with E-state index in [0.29, 0.717) is 18.8 Å². The number of rotatable bonds is 9. The van der Waals surface area contributed by atoms with Gasteiger partial charge < -0.3 is 9.47 Å². The molecule has 2 N–H and O–H groups in total. The molecule has 2 fully saturated rings. The largest absolute Gasteiger partial charge is 0.336 e. The summed E-state index contributed by atoms with van der Waals surface area (Å²) >= 11 is 6.23. The van der Waals surface area contributed by atoms with Gasteiger partial charge in [0, 0.05) is 25.6 Å². The number of aldehydes is 1. The molecule has 37 heavy (non-hydrogen) atoms. The number of amides is 3. The van der Waals surface area contributed by atoms with Gasteiger partial charge >= 0.3 is 6.03 Å². The second-order valence-electron chi connectivity index (χ2n) is 10.4. The van der Waals surface area contributed by atoms with Crippen molar-refractivity contribution in [1.82, 2.24) is 25.3 Å². The summed E-state index contributed by atoms with van der Waals surface area (Å²) in [7, 11) is 0. The number of aromatic nitrogens is 2. The third-order valence-electron chi connectivity index (χ3n) is 7.85. The molecule has 4 rings (SSSR count). The number of nitrogens with one attached hydrogen (secondary N) is 2. The third-order valence-corrected chi connectivity index (χ3v) is 8.12. The molecule has 1 aliphatic heterocycles. The van der Waals surface area contributed by atoms with Crippen LogP contribution in [-0.2, 0) is 17.8 Å². The van der Waals surface area contributed by atoms with E-state index in [0.717, 1.165) is 81.0 Å². The predicted molar refractivity (Wildman–Crippen MR) is 144 cm³/mol. The molecule has 9 heteroatoms. The summed E-state index contributed by atoms with van der Waals surface area (Å²) in [5.41, 5.74) is 7.68. The van der Waals surface area contributed by atoms with Gasteiger partial charge in [0.15, 0.2) is 11.4 Å². The van der Waals surface area contributed by atoms with Crippen molar-refractivity contribution in [3.05, 3.63) is 52.1 Å². The minimum Gasteiger partial charge on any atom is -0.321 e. The maximum absolute atomic E-state index is 13.3. The lowest BCUT2D eigenvalue weighted by molar-refractivity contribution is -0.124. The zero-order valence-corrected chi connectivity index (χ0v) is 22.6. The Morgan fingerprint density at radius 2 is 1.86 bits per heavy atom. The third kappa shape index (κ3) is 6.35. The van der Waals surface area contributed by atoms with Crippen molar-refractivity contribution in [3.63, 3.8) is 0 Å². The fourth-order valence-corrected chi connectivity index (χ4v) is 5.98. The van der Waals surface area contributed by atoms with Crippen LogP contribution < -0.4 is 10.9 Å². The van der Waals surface area contributed by atoms with Gasteiger partial charge in [0.25, 0.3) is 0 Å². The molecule has 1 aromatic carbocycles. The molecular weight excluding hydrogens is 490 g/mol. The summed E-state index contributed by atoms with van der Waals surface area (Å²) in [5.74, 6) is 0.542. The number of hydrogen-bond acceptors (Lipinski definition) is 4. The van der Waals surface area contributed by atoms with Crippen molar-refractivity contribution in [2.45, 2.75) is 90.1 Å². The van der Waals surface area contributed by atoms with Crippen molar-refractivity contribution in [2.24, 2.45) is 5.92 Å². The number of halogens is 1. The fourth-order valence-electron chi connectivity index (χ4n) is 5.74. The van der Waals surface area contributed by atoms with Gasteiger partial charge in [-0.25, -0.2) is 15.2 Å². The van der Waals surface area contributed by atoms with E-state index in [-0.39, 0.29) is 35.0 Å². The molecule has 200 valence electrons. The van der Waals surface area contributed by atoms with Crippen LogP contribution in [0.2, 0.25) is 5.15 Å². The van der Waals surface area contributed by atoms with E-state index in [9.17, 15) is 14.4 Å². The van der Waals surface area contributed by atoms with E-state index >= 15 is 0 Å². The number of likely N-dealkylation sites (tertiary alicyclic amines) is 1. The molecule has 1 unspecified atom stereocenters. The smallest absolute Gasteiger partial charge is 0.321 e. The first-order valence-corrected chi connectivity index (χ1v) is 14.0. The maximum atomic E-state index is 13.3. The van der Waals surface area contributed by atoms with Crippen LogP contribution in [0.3, 0.4) is 0 Å². The molecule has 1 aromatic heterocycles. The summed E-state index contributed by atoms with van der Waals surface area (Å²) < 4.78 is 1.88. The van der Waals surface area contributed by atoms with E-state index < -0.39 is 0 Å². The highest BCUT2D eigenvalue weighted by atomic mass is 35.5. The molecule has 3 amide bonds. The lowest BCUT2D eigenvalue weighted by Crippen LogP contribution is -2.51. The highest BCUT2D eigenvalue weighted by Crippen LogP contribution is 2.37. The fraction of sp³-hybridized carbons (Fsp3) is 0.571. The van der Waals surface area contributed by atoms with Crippen molar-refractivity contribution in [1.29, 1.82) is 0 Å². The van der Waals surface area contributed by atoms with Crippen molar-refractivity contribution in [3.8, 4) is 0 Å². The van der Waals surface area contributed by atoms with Crippen molar-refractivity contribution < 1.29 is 14.4 Å². The van der Waals surface area contributed by atoms with Gasteiger partial charge in [-0.05, 0) is 56.1 Å². The number of carbonyl (C=O) groups excluding carboxylic acids is 3. The first-order valence-electron chi connectivity index (χ1n) is 13.6. The zero-order valence-electron chi connectivity index (χ0n) is 21.8. The van der Waals surface area contributed by atoms with Crippen LogP contribution in [0.5, 0.6) is 0 Å². The number of imidazole rings is 1. The summed E-state index contributed by atoms with van der Waals surface area (Å²) in [6.07, 6.45) is 9.69. The average molecular weight is 528 g/mol. The van der Waals surface area contributed by atoms with Crippen LogP contribution in [0.25, 0.3) is 0 Å². The number of hydrogen-bond donors (Lipinski definition) is 2. The van der Waals surface area contributed by atoms with Crippen LogP contribution in [0.15, 0.2) is 24.3 Å². The summed E-state index contributed by atoms with van der Waals surface area (Å²) in [5, 5.41) is 0.237. The van der Waals surface area contributed by atoms with E-state index in [4.69, 9.17) is 11.6 Å². The molecule has 0 spiro atoms. The van der Waals surface area contributed by atoms with Crippen LogP contribution in [0.4, 0.5) is 4.79 Å². The topological polar surface area (TPSA) is 96.3 Å².